The molecular weight excluding hydrogens is 431 g/mol. The molecule has 0 fully saturated rings. The Kier molecular flexibility index (Phi) is 7.41. The van der Waals surface area contributed by atoms with Crippen LogP contribution >= 0.6 is 35.0 Å². The van der Waals surface area contributed by atoms with Crippen molar-refractivity contribution in [1.29, 1.82) is 0 Å². The Morgan fingerprint density at radius 2 is 1.90 bits per heavy atom. The lowest BCUT2D eigenvalue weighted by atomic mass is 10.2. The molecule has 0 aliphatic heterocycles. The van der Waals surface area contributed by atoms with Gasteiger partial charge in [-0.05, 0) is 56.3 Å². The number of carbonyl (C=O) groups excluding carboxylic acids is 1. The molecule has 0 saturated heterocycles. The molecule has 6 nitrogen and oxygen atoms in total. The summed E-state index contributed by atoms with van der Waals surface area (Å²) in [6, 6.07) is 12.6. The van der Waals surface area contributed by atoms with E-state index in [9.17, 15) is 4.79 Å². The van der Waals surface area contributed by atoms with Crippen molar-refractivity contribution in [2.24, 2.45) is 0 Å². The van der Waals surface area contributed by atoms with Gasteiger partial charge in [0, 0.05) is 17.1 Å². The van der Waals surface area contributed by atoms with E-state index < -0.39 is 0 Å². The number of nitrogens with one attached hydrogen (secondary N) is 1. The number of ether oxygens (including phenoxy) is 1. The third-order valence-electron chi connectivity index (χ3n) is 3.99. The number of aromatic nitrogens is 3. The molecule has 0 aliphatic carbocycles. The number of rotatable bonds is 8. The molecule has 152 valence electrons. The average Bonchev–Trinajstić information content (AvgIpc) is 3.13. The van der Waals surface area contributed by atoms with Gasteiger partial charge in [-0.25, -0.2) is 0 Å². The fraction of sp³-hybridized carbons (Fsp3) is 0.250. The number of hydrogen-bond acceptors (Lipinski definition) is 5. The third-order valence-corrected chi connectivity index (χ3v) is 5.52. The SMILES string of the molecule is CCOc1ccc(-c2nnc(SCC(=O)Nc3cc(Cl)ccc3Cl)n2CC)cc1. The van der Waals surface area contributed by atoms with Gasteiger partial charge >= 0.3 is 0 Å². The summed E-state index contributed by atoms with van der Waals surface area (Å²) in [7, 11) is 0. The van der Waals surface area contributed by atoms with Gasteiger partial charge in [0.25, 0.3) is 0 Å². The normalized spacial score (nSPS) is 10.8. The van der Waals surface area contributed by atoms with Crippen molar-refractivity contribution in [1.82, 2.24) is 14.8 Å². The minimum atomic E-state index is -0.201. The predicted octanol–water partition coefficient (Wildman–Crippen LogP) is 5.40. The van der Waals surface area contributed by atoms with E-state index in [1.807, 2.05) is 42.7 Å². The summed E-state index contributed by atoms with van der Waals surface area (Å²) in [4.78, 5) is 12.3. The number of hydrogen-bond donors (Lipinski definition) is 1. The predicted molar refractivity (Wildman–Crippen MR) is 118 cm³/mol. The van der Waals surface area contributed by atoms with Crippen molar-refractivity contribution in [2.75, 3.05) is 17.7 Å². The largest absolute Gasteiger partial charge is 0.494 e. The Morgan fingerprint density at radius 3 is 2.59 bits per heavy atom. The lowest BCUT2D eigenvalue weighted by Crippen LogP contribution is -2.15. The Bertz CT molecular complexity index is 993. The highest BCUT2D eigenvalue weighted by Crippen LogP contribution is 2.27. The molecule has 1 heterocycles. The molecule has 1 N–H and O–H groups in total. The lowest BCUT2D eigenvalue weighted by Gasteiger charge is -2.09. The maximum atomic E-state index is 12.3. The molecule has 3 aromatic rings. The van der Waals surface area contributed by atoms with Gasteiger partial charge in [-0.2, -0.15) is 0 Å². The zero-order chi connectivity index (χ0) is 20.8. The van der Waals surface area contributed by atoms with Gasteiger partial charge in [-0.15, -0.1) is 10.2 Å². The summed E-state index contributed by atoms with van der Waals surface area (Å²) < 4.78 is 7.45. The molecular formula is C20H20Cl2N4O2S. The maximum Gasteiger partial charge on any atom is 0.234 e. The van der Waals surface area contributed by atoms with E-state index in [0.29, 0.717) is 34.0 Å². The van der Waals surface area contributed by atoms with Gasteiger partial charge in [-0.1, -0.05) is 35.0 Å². The van der Waals surface area contributed by atoms with E-state index in [-0.39, 0.29) is 11.7 Å². The summed E-state index contributed by atoms with van der Waals surface area (Å²) >= 11 is 13.4. The molecule has 2 aromatic carbocycles. The first-order chi connectivity index (χ1) is 14.0. The minimum Gasteiger partial charge on any atom is -0.494 e. The molecule has 29 heavy (non-hydrogen) atoms. The van der Waals surface area contributed by atoms with Crippen LogP contribution in [0, 0.1) is 0 Å². The zero-order valence-electron chi connectivity index (χ0n) is 16.0. The highest BCUT2D eigenvalue weighted by Gasteiger charge is 2.15. The first kappa shape index (κ1) is 21.5. The Morgan fingerprint density at radius 1 is 1.14 bits per heavy atom. The summed E-state index contributed by atoms with van der Waals surface area (Å²) in [5.41, 5.74) is 1.42. The first-order valence-corrected chi connectivity index (χ1v) is 10.8. The lowest BCUT2D eigenvalue weighted by molar-refractivity contribution is -0.113. The van der Waals surface area contributed by atoms with Crippen LogP contribution in [-0.4, -0.2) is 33.0 Å². The molecule has 1 aromatic heterocycles. The molecule has 0 atom stereocenters. The van der Waals surface area contributed by atoms with Crippen LogP contribution in [0.25, 0.3) is 11.4 Å². The second kappa shape index (κ2) is 10.0. The molecule has 0 bridgehead atoms. The van der Waals surface area contributed by atoms with Crippen LogP contribution in [0.15, 0.2) is 47.6 Å². The Labute approximate surface area is 183 Å². The number of thioether (sulfide) groups is 1. The van der Waals surface area contributed by atoms with Crippen LogP contribution in [-0.2, 0) is 11.3 Å². The van der Waals surface area contributed by atoms with Gasteiger partial charge < -0.3 is 14.6 Å². The summed E-state index contributed by atoms with van der Waals surface area (Å²) in [6.45, 7) is 5.26. The molecule has 0 aliphatic rings. The number of amides is 1. The van der Waals surface area contributed by atoms with Crippen LogP contribution in [0.2, 0.25) is 10.0 Å². The number of benzene rings is 2. The van der Waals surface area contributed by atoms with Gasteiger partial charge in [-0.3, -0.25) is 4.79 Å². The molecule has 0 saturated carbocycles. The smallest absolute Gasteiger partial charge is 0.234 e. The van der Waals surface area contributed by atoms with Gasteiger partial charge in [0.2, 0.25) is 5.91 Å². The monoisotopic (exact) mass is 450 g/mol. The second-order valence-electron chi connectivity index (χ2n) is 5.97. The van der Waals surface area contributed by atoms with Crippen LogP contribution in [0.4, 0.5) is 5.69 Å². The fourth-order valence-corrected chi connectivity index (χ4v) is 3.81. The molecule has 3 rings (SSSR count). The number of nitrogens with zero attached hydrogens (tertiary/aromatic N) is 3. The molecule has 0 radical (unpaired) electrons. The fourth-order valence-electron chi connectivity index (χ4n) is 2.67. The second-order valence-corrected chi connectivity index (χ2v) is 7.75. The van der Waals surface area contributed by atoms with Crippen molar-refractivity contribution in [3.63, 3.8) is 0 Å². The topological polar surface area (TPSA) is 69.0 Å². The highest BCUT2D eigenvalue weighted by atomic mass is 35.5. The third kappa shape index (κ3) is 5.44. The van der Waals surface area contributed by atoms with Crippen LogP contribution in [0.3, 0.4) is 0 Å². The molecule has 0 spiro atoms. The van der Waals surface area contributed by atoms with Crippen molar-refractivity contribution < 1.29 is 9.53 Å². The Hall–Kier alpha value is -2.22. The zero-order valence-corrected chi connectivity index (χ0v) is 18.3. The maximum absolute atomic E-state index is 12.3. The van der Waals surface area contributed by atoms with Crippen molar-refractivity contribution in [2.45, 2.75) is 25.5 Å². The van der Waals surface area contributed by atoms with Gasteiger partial charge in [0.1, 0.15) is 5.75 Å². The van der Waals surface area contributed by atoms with Crippen molar-refractivity contribution in [3.8, 4) is 17.1 Å². The number of anilines is 1. The summed E-state index contributed by atoms with van der Waals surface area (Å²) in [5, 5.41) is 12.9. The van der Waals surface area contributed by atoms with E-state index in [1.54, 1.807) is 18.2 Å². The van der Waals surface area contributed by atoms with Gasteiger partial charge in [0.15, 0.2) is 11.0 Å². The highest BCUT2D eigenvalue weighted by molar-refractivity contribution is 7.99. The van der Waals surface area contributed by atoms with Crippen LogP contribution in [0.5, 0.6) is 5.75 Å². The van der Waals surface area contributed by atoms with E-state index >= 15 is 0 Å². The van der Waals surface area contributed by atoms with E-state index in [4.69, 9.17) is 27.9 Å². The summed E-state index contributed by atoms with van der Waals surface area (Å²) in [5.74, 6) is 1.53. The molecule has 1 amide bonds. The first-order valence-electron chi connectivity index (χ1n) is 9.06. The number of halogens is 2. The average molecular weight is 451 g/mol. The van der Waals surface area contributed by atoms with E-state index in [0.717, 1.165) is 17.1 Å². The van der Waals surface area contributed by atoms with Gasteiger partial charge in [0.05, 0.1) is 23.1 Å². The minimum absolute atomic E-state index is 0.171. The number of carbonyl (C=O) groups is 1. The van der Waals surface area contributed by atoms with Crippen molar-refractivity contribution in [3.05, 3.63) is 52.5 Å². The van der Waals surface area contributed by atoms with E-state index in [1.165, 1.54) is 11.8 Å². The van der Waals surface area contributed by atoms with Crippen molar-refractivity contribution >= 4 is 46.6 Å². The van der Waals surface area contributed by atoms with E-state index in [2.05, 4.69) is 15.5 Å². The van der Waals surface area contributed by atoms with Crippen LogP contribution < -0.4 is 10.1 Å². The quantitative estimate of drug-likeness (QED) is 0.465. The van der Waals surface area contributed by atoms with Crippen LogP contribution in [0.1, 0.15) is 13.8 Å². The molecule has 9 heteroatoms. The standard InChI is InChI=1S/C20H20Cl2N4O2S/c1-3-26-19(13-5-8-15(9-6-13)28-4-2)24-25-20(26)29-12-18(27)23-17-11-14(21)7-10-16(17)22/h5-11H,3-4,12H2,1-2H3,(H,23,27). The Balaban J connectivity index is 1.68. The summed E-state index contributed by atoms with van der Waals surface area (Å²) in [6.07, 6.45) is 0. The molecule has 0 unspecified atom stereocenters.